The van der Waals surface area contributed by atoms with Crippen molar-refractivity contribution in [1.29, 1.82) is 0 Å². The highest BCUT2D eigenvalue weighted by Crippen LogP contribution is 2.09. The van der Waals surface area contributed by atoms with Gasteiger partial charge >= 0.3 is 0 Å². The molecular weight excluding hydrogens is 148 g/mol. The van der Waals surface area contributed by atoms with Crippen LogP contribution in [0.1, 0.15) is 65.2 Å². The molecule has 74 valence electrons. The molecule has 12 heavy (non-hydrogen) atoms. The van der Waals surface area contributed by atoms with Gasteiger partial charge in [0.1, 0.15) is 0 Å². The van der Waals surface area contributed by atoms with Crippen molar-refractivity contribution < 1.29 is 5.11 Å². The summed E-state index contributed by atoms with van der Waals surface area (Å²) in [6, 6.07) is 0. The van der Waals surface area contributed by atoms with Crippen molar-refractivity contribution in [3.8, 4) is 0 Å². The third-order valence-electron chi connectivity index (χ3n) is 2.36. The van der Waals surface area contributed by atoms with E-state index in [4.69, 9.17) is 0 Å². The molecule has 0 aliphatic carbocycles. The van der Waals surface area contributed by atoms with Crippen molar-refractivity contribution in [2.75, 3.05) is 0 Å². The Labute approximate surface area is 77.2 Å². The summed E-state index contributed by atoms with van der Waals surface area (Å²) in [6.45, 7) is 4.28. The van der Waals surface area contributed by atoms with E-state index in [0.717, 1.165) is 12.8 Å². The van der Waals surface area contributed by atoms with E-state index in [-0.39, 0.29) is 6.10 Å². The zero-order valence-corrected chi connectivity index (χ0v) is 8.68. The summed E-state index contributed by atoms with van der Waals surface area (Å²) in [7, 11) is 0. The summed E-state index contributed by atoms with van der Waals surface area (Å²) in [6.07, 6.45) is 9.79. The van der Waals surface area contributed by atoms with E-state index in [0.29, 0.717) is 0 Å². The third kappa shape index (κ3) is 8.06. The second-order valence-electron chi connectivity index (χ2n) is 3.62. The van der Waals surface area contributed by atoms with E-state index in [2.05, 4.69) is 6.92 Å². The number of rotatable bonds is 8. The van der Waals surface area contributed by atoms with Crippen molar-refractivity contribution in [3.63, 3.8) is 0 Å². The molecule has 0 saturated heterocycles. The maximum atomic E-state index is 9.26. The first-order chi connectivity index (χ1) is 5.81. The van der Waals surface area contributed by atoms with Crippen LogP contribution in [0.3, 0.4) is 0 Å². The van der Waals surface area contributed by atoms with Crippen LogP contribution in [0.5, 0.6) is 0 Å². The average molecular weight is 172 g/mol. The maximum absolute atomic E-state index is 9.26. The molecule has 1 atom stereocenters. The van der Waals surface area contributed by atoms with Crippen LogP contribution in [0.15, 0.2) is 0 Å². The summed E-state index contributed by atoms with van der Waals surface area (Å²) in [4.78, 5) is 0. The van der Waals surface area contributed by atoms with Crippen LogP contribution in [0.4, 0.5) is 0 Å². The zero-order chi connectivity index (χ0) is 9.23. The normalized spacial score (nSPS) is 13.2. The quantitative estimate of drug-likeness (QED) is 0.555. The summed E-state index contributed by atoms with van der Waals surface area (Å²) in [5.74, 6) is 0. The fourth-order valence-corrected chi connectivity index (χ4v) is 1.36. The Morgan fingerprint density at radius 3 is 2.08 bits per heavy atom. The van der Waals surface area contributed by atoms with Gasteiger partial charge in [-0.05, 0) is 12.8 Å². The van der Waals surface area contributed by atoms with Gasteiger partial charge in [0, 0.05) is 0 Å². The van der Waals surface area contributed by atoms with Crippen LogP contribution in [0.25, 0.3) is 0 Å². The molecule has 0 saturated carbocycles. The molecule has 0 aromatic carbocycles. The number of aliphatic hydroxyl groups excluding tert-OH is 1. The molecule has 0 radical (unpaired) electrons. The Balaban J connectivity index is 2.90. The predicted molar refractivity (Wildman–Crippen MR) is 54.3 cm³/mol. The van der Waals surface area contributed by atoms with Crippen molar-refractivity contribution >= 4 is 0 Å². The van der Waals surface area contributed by atoms with Gasteiger partial charge in [0.2, 0.25) is 0 Å². The maximum Gasteiger partial charge on any atom is 0.0537 e. The molecule has 0 aliphatic heterocycles. The van der Waals surface area contributed by atoms with Crippen LogP contribution in [0.2, 0.25) is 0 Å². The Kier molecular flexibility index (Phi) is 9.02. The predicted octanol–water partition coefficient (Wildman–Crippen LogP) is 3.51. The molecule has 1 N–H and O–H groups in total. The number of hydrogen-bond acceptors (Lipinski definition) is 1. The smallest absolute Gasteiger partial charge is 0.0537 e. The van der Waals surface area contributed by atoms with Gasteiger partial charge in [-0.15, -0.1) is 0 Å². The van der Waals surface area contributed by atoms with Gasteiger partial charge < -0.3 is 5.11 Å². The van der Waals surface area contributed by atoms with E-state index >= 15 is 0 Å². The molecular formula is C11H24O. The van der Waals surface area contributed by atoms with E-state index in [9.17, 15) is 5.11 Å². The molecule has 0 aromatic rings. The van der Waals surface area contributed by atoms with Crippen molar-refractivity contribution in [2.45, 2.75) is 71.3 Å². The second-order valence-corrected chi connectivity index (χ2v) is 3.62. The van der Waals surface area contributed by atoms with Gasteiger partial charge in [-0.3, -0.25) is 0 Å². The number of unbranched alkanes of at least 4 members (excludes halogenated alkanes) is 5. The van der Waals surface area contributed by atoms with Crippen molar-refractivity contribution in [2.24, 2.45) is 0 Å². The highest BCUT2D eigenvalue weighted by atomic mass is 16.3. The Morgan fingerprint density at radius 1 is 0.917 bits per heavy atom. The molecule has 0 unspecified atom stereocenters. The first-order valence-corrected chi connectivity index (χ1v) is 5.49. The van der Waals surface area contributed by atoms with Crippen molar-refractivity contribution in [3.05, 3.63) is 0 Å². The lowest BCUT2D eigenvalue weighted by atomic mass is 10.1. The van der Waals surface area contributed by atoms with Crippen LogP contribution in [0, 0.1) is 0 Å². The lowest BCUT2D eigenvalue weighted by Crippen LogP contribution is -2.03. The summed E-state index contributed by atoms with van der Waals surface area (Å²) in [5, 5.41) is 9.26. The minimum Gasteiger partial charge on any atom is -0.393 e. The molecule has 0 rings (SSSR count). The molecule has 0 aliphatic rings. The molecule has 0 spiro atoms. The number of hydrogen-bond donors (Lipinski definition) is 1. The minimum atomic E-state index is -0.0452. The minimum absolute atomic E-state index is 0.0452. The Morgan fingerprint density at radius 2 is 1.50 bits per heavy atom. The Hall–Kier alpha value is -0.0400. The molecule has 0 amide bonds. The molecule has 0 bridgehead atoms. The Bertz CT molecular complexity index is 81.1. The largest absolute Gasteiger partial charge is 0.393 e. The summed E-state index contributed by atoms with van der Waals surface area (Å²) >= 11 is 0. The van der Waals surface area contributed by atoms with Gasteiger partial charge in [-0.25, -0.2) is 0 Å². The van der Waals surface area contributed by atoms with Crippen molar-refractivity contribution in [1.82, 2.24) is 0 Å². The summed E-state index contributed by atoms with van der Waals surface area (Å²) in [5.41, 5.74) is 0. The number of aliphatic hydroxyl groups is 1. The van der Waals surface area contributed by atoms with E-state index < -0.39 is 0 Å². The molecule has 1 nitrogen and oxygen atoms in total. The lowest BCUT2D eigenvalue weighted by Gasteiger charge is -2.06. The van der Waals surface area contributed by atoms with Gasteiger partial charge in [0.15, 0.2) is 0 Å². The highest BCUT2D eigenvalue weighted by molar-refractivity contribution is 4.52. The monoisotopic (exact) mass is 172 g/mol. The second kappa shape index (κ2) is 9.05. The molecule has 1 heteroatoms. The van der Waals surface area contributed by atoms with Gasteiger partial charge in [0.05, 0.1) is 6.10 Å². The topological polar surface area (TPSA) is 20.2 Å². The zero-order valence-electron chi connectivity index (χ0n) is 8.68. The van der Waals surface area contributed by atoms with Crippen LogP contribution >= 0.6 is 0 Å². The van der Waals surface area contributed by atoms with Gasteiger partial charge in [-0.2, -0.15) is 0 Å². The summed E-state index contributed by atoms with van der Waals surface area (Å²) < 4.78 is 0. The molecule has 0 fully saturated rings. The van der Waals surface area contributed by atoms with Crippen LogP contribution in [-0.4, -0.2) is 11.2 Å². The molecule has 0 heterocycles. The van der Waals surface area contributed by atoms with E-state index in [1.807, 2.05) is 6.92 Å². The fraction of sp³-hybridized carbons (Fsp3) is 1.00. The third-order valence-corrected chi connectivity index (χ3v) is 2.36. The lowest BCUT2D eigenvalue weighted by molar-refractivity contribution is 0.156. The highest BCUT2D eigenvalue weighted by Gasteiger charge is 1.98. The molecule has 0 aromatic heterocycles. The first-order valence-electron chi connectivity index (χ1n) is 5.49. The fourth-order valence-electron chi connectivity index (χ4n) is 1.36. The SMILES string of the molecule is CCCCCCCC[C@@H](O)CC. The standard InChI is InChI=1S/C11H24O/c1-3-5-6-7-8-9-10-11(12)4-2/h11-12H,3-10H2,1-2H3/t11-/m0/s1. The van der Waals surface area contributed by atoms with Gasteiger partial charge in [-0.1, -0.05) is 52.4 Å². The first kappa shape index (κ1) is 12.0. The van der Waals surface area contributed by atoms with Crippen LogP contribution in [-0.2, 0) is 0 Å². The average Bonchev–Trinajstić information content (AvgIpc) is 2.10. The van der Waals surface area contributed by atoms with E-state index in [1.54, 1.807) is 0 Å². The van der Waals surface area contributed by atoms with Gasteiger partial charge in [0.25, 0.3) is 0 Å². The van der Waals surface area contributed by atoms with E-state index in [1.165, 1.54) is 38.5 Å². The van der Waals surface area contributed by atoms with Crippen LogP contribution < -0.4 is 0 Å².